The average Bonchev–Trinajstić information content (AvgIpc) is 3.61. The predicted molar refractivity (Wildman–Crippen MR) is 144 cm³/mol. The molecule has 0 radical (unpaired) electrons. The van der Waals surface area contributed by atoms with Crippen molar-refractivity contribution in [2.24, 2.45) is 5.92 Å². The smallest absolute Gasteiger partial charge is 0.410 e. The highest BCUT2D eigenvalue weighted by Gasteiger charge is 2.51. The normalized spacial score (nSPS) is 22.9. The van der Waals surface area contributed by atoms with Crippen LogP contribution in [0.2, 0.25) is 0 Å². The number of rotatable bonds is 4. The van der Waals surface area contributed by atoms with Crippen molar-refractivity contribution in [2.75, 3.05) is 6.61 Å². The summed E-state index contributed by atoms with van der Waals surface area (Å²) in [5, 5.41) is 0.519. The summed E-state index contributed by atoms with van der Waals surface area (Å²) in [4.78, 5) is 59.7. The Labute approximate surface area is 231 Å². The minimum Gasteiger partial charge on any atom is -0.448 e. The number of amides is 3. The van der Waals surface area contributed by atoms with Crippen LogP contribution in [0.5, 0.6) is 0 Å². The van der Waals surface area contributed by atoms with Gasteiger partial charge >= 0.3 is 12.1 Å². The second-order valence-electron chi connectivity index (χ2n) is 10.9. The van der Waals surface area contributed by atoms with Crippen molar-refractivity contribution in [3.05, 3.63) is 95.1 Å². The lowest BCUT2D eigenvalue weighted by molar-refractivity contribution is -0.173. The summed E-state index contributed by atoms with van der Waals surface area (Å²) in [5.74, 6) is -2.13. The maximum Gasteiger partial charge on any atom is 0.410 e. The molecule has 8 nitrogen and oxygen atoms in total. The van der Waals surface area contributed by atoms with Gasteiger partial charge in [-0.1, -0.05) is 78.6 Å². The van der Waals surface area contributed by atoms with E-state index in [0.717, 1.165) is 47.9 Å². The molecule has 2 aliphatic carbocycles. The second kappa shape index (κ2) is 9.62. The number of hydrogen-bond acceptors (Lipinski definition) is 6. The Hall–Kier alpha value is -4.46. The first kappa shape index (κ1) is 24.6. The van der Waals surface area contributed by atoms with Crippen LogP contribution >= 0.6 is 0 Å². The van der Waals surface area contributed by atoms with Crippen LogP contribution in [-0.2, 0) is 14.4 Å². The van der Waals surface area contributed by atoms with Gasteiger partial charge in [0.2, 0.25) is 0 Å². The summed E-state index contributed by atoms with van der Waals surface area (Å²) in [5.41, 5.74) is 4.86. The summed E-state index contributed by atoms with van der Waals surface area (Å²) in [6.07, 6.45) is 3.49. The van der Waals surface area contributed by atoms with Gasteiger partial charge in [0.15, 0.2) is 0 Å². The van der Waals surface area contributed by atoms with Crippen LogP contribution in [0.3, 0.4) is 0 Å². The monoisotopic (exact) mass is 536 g/mol. The van der Waals surface area contributed by atoms with Gasteiger partial charge in [-0.25, -0.2) is 9.59 Å². The van der Waals surface area contributed by atoms with E-state index in [1.165, 1.54) is 17.0 Å². The molecule has 0 spiro atoms. The summed E-state index contributed by atoms with van der Waals surface area (Å²) >= 11 is 0. The first-order valence-electron chi connectivity index (χ1n) is 13.9. The van der Waals surface area contributed by atoms with Crippen molar-refractivity contribution in [3.8, 4) is 11.1 Å². The summed E-state index contributed by atoms with van der Waals surface area (Å²) < 4.78 is 5.95. The van der Waals surface area contributed by atoms with Crippen molar-refractivity contribution in [2.45, 2.75) is 50.1 Å². The lowest BCUT2D eigenvalue weighted by Crippen LogP contribution is -2.49. The minimum atomic E-state index is -0.937. The first-order valence-corrected chi connectivity index (χ1v) is 13.9. The van der Waals surface area contributed by atoms with Crippen molar-refractivity contribution in [1.29, 1.82) is 0 Å². The highest BCUT2D eigenvalue weighted by atomic mass is 16.7. The molecule has 3 amide bonds. The number of hydroxylamine groups is 2. The SMILES string of the molecule is O=C(ON1C(=O)c2ccccc2C1=O)[C@@H]1C[C@@H]2CCCC[C@@H]2N1C(=O)OCC1c2ccccc2-c2ccccc21. The van der Waals surface area contributed by atoms with Crippen LogP contribution in [0.1, 0.15) is 69.9 Å². The number of likely N-dealkylation sites (tertiary alicyclic amines) is 1. The molecule has 2 fully saturated rings. The number of ether oxygens (including phenoxy) is 1. The summed E-state index contributed by atoms with van der Waals surface area (Å²) in [7, 11) is 0. The van der Waals surface area contributed by atoms with Gasteiger partial charge in [0, 0.05) is 12.0 Å². The lowest BCUT2D eigenvalue weighted by Gasteiger charge is -2.33. The Kier molecular flexibility index (Phi) is 5.91. The van der Waals surface area contributed by atoms with Crippen LogP contribution in [0, 0.1) is 5.92 Å². The van der Waals surface area contributed by atoms with E-state index in [1.807, 2.05) is 24.3 Å². The van der Waals surface area contributed by atoms with Gasteiger partial charge in [-0.3, -0.25) is 14.5 Å². The minimum absolute atomic E-state index is 0.107. The molecule has 0 aromatic heterocycles. The third-order valence-electron chi connectivity index (χ3n) is 8.85. The maximum absolute atomic E-state index is 13.7. The molecule has 4 aliphatic rings. The van der Waals surface area contributed by atoms with Gasteiger partial charge in [0.1, 0.15) is 12.6 Å². The topological polar surface area (TPSA) is 93.2 Å². The van der Waals surface area contributed by atoms with E-state index in [4.69, 9.17) is 9.57 Å². The third kappa shape index (κ3) is 3.81. The van der Waals surface area contributed by atoms with E-state index >= 15 is 0 Å². The van der Waals surface area contributed by atoms with E-state index < -0.39 is 29.9 Å². The van der Waals surface area contributed by atoms with Gasteiger partial charge in [0.25, 0.3) is 11.8 Å². The van der Waals surface area contributed by atoms with E-state index in [1.54, 1.807) is 12.1 Å². The van der Waals surface area contributed by atoms with Crippen molar-refractivity contribution in [3.63, 3.8) is 0 Å². The van der Waals surface area contributed by atoms with E-state index in [-0.39, 0.29) is 35.6 Å². The number of fused-ring (bicyclic) bond motifs is 5. The largest absolute Gasteiger partial charge is 0.448 e. The molecule has 3 atom stereocenters. The second-order valence-corrected chi connectivity index (χ2v) is 10.9. The highest BCUT2D eigenvalue weighted by Crippen LogP contribution is 2.45. The summed E-state index contributed by atoms with van der Waals surface area (Å²) in [6, 6.07) is 21.5. The number of carbonyl (C=O) groups is 4. The van der Waals surface area contributed by atoms with Gasteiger partial charge < -0.3 is 9.57 Å². The Morgan fingerprint density at radius 2 is 1.30 bits per heavy atom. The lowest BCUT2D eigenvalue weighted by atomic mass is 9.85. The zero-order valence-corrected chi connectivity index (χ0v) is 21.8. The fourth-order valence-corrected chi connectivity index (χ4v) is 7.00. The van der Waals surface area contributed by atoms with Crippen LogP contribution < -0.4 is 0 Å². The molecule has 1 saturated heterocycles. The van der Waals surface area contributed by atoms with E-state index in [9.17, 15) is 19.2 Å². The Morgan fingerprint density at radius 1 is 0.750 bits per heavy atom. The molecule has 202 valence electrons. The third-order valence-corrected chi connectivity index (χ3v) is 8.85. The molecule has 0 bridgehead atoms. The number of benzene rings is 3. The van der Waals surface area contributed by atoms with E-state index in [2.05, 4.69) is 24.3 Å². The van der Waals surface area contributed by atoms with Gasteiger partial charge in [-0.15, -0.1) is 0 Å². The molecule has 0 unspecified atom stereocenters. The zero-order chi connectivity index (χ0) is 27.4. The molecule has 2 aliphatic heterocycles. The maximum atomic E-state index is 13.7. The standard InChI is InChI=1S/C32H28N2O6/c35-29-24-14-6-7-15-25(24)30(36)34(29)40-31(37)28-17-19-9-1-8-16-27(19)33(28)32(38)39-18-26-22-12-4-2-10-20(22)21-11-3-5-13-23(21)26/h2-7,10-15,19,26-28H,1,8-9,16-18H2/t19-,27-,28-/m0/s1. The molecular formula is C32H28N2O6. The highest BCUT2D eigenvalue weighted by molar-refractivity contribution is 6.21. The Bertz CT molecular complexity index is 1470. The van der Waals surface area contributed by atoms with Gasteiger partial charge in [0.05, 0.1) is 11.1 Å². The molecule has 3 aromatic rings. The molecule has 2 heterocycles. The quantitative estimate of drug-likeness (QED) is 0.419. The molecule has 0 N–H and O–H groups in total. The van der Waals surface area contributed by atoms with Crippen LogP contribution in [0.15, 0.2) is 72.8 Å². The average molecular weight is 537 g/mol. The molecule has 1 saturated carbocycles. The Balaban J connectivity index is 1.11. The molecule has 40 heavy (non-hydrogen) atoms. The number of carbonyl (C=O) groups excluding carboxylic acids is 4. The summed E-state index contributed by atoms with van der Waals surface area (Å²) in [6.45, 7) is 0.140. The fraction of sp³-hybridized carbons (Fsp3) is 0.312. The fourth-order valence-electron chi connectivity index (χ4n) is 7.00. The Morgan fingerprint density at radius 3 is 1.93 bits per heavy atom. The first-order chi connectivity index (χ1) is 19.5. The van der Waals surface area contributed by atoms with Crippen LogP contribution in [-0.4, -0.2) is 52.5 Å². The van der Waals surface area contributed by atoms with Crippen LogP contribution in [0.25, 0.3) is 11.1 Å². The molecule has 7 rings (SSSR count). The van der Waals surface area contributed by atoms with E-state index in [0.29, 0.717) is 11.5 Å². The van der Waals surface area contributed by atoms with Crippen molar-refractivity contribution >= 4 is 23.9 Å². The molecule has 3 aromatic carbocycles. The van der Waals surface area contributed by atoms with Gasteiger partial charge in [-0.2, -0.15) is 0 Å². The molecule has 8 heteroatoms. The zero-order valence-electron chi connectivity index (χ0n) is 21.8. The number of nitrogens with zero attached hydrogens (tertiary/aromatic N) is 2. The van der Waals surface area contributed by atoms with Crippen molar-refractivity contribution in [1.82, 2.24) is 9.96 Å². The molecular weight excluding hydrogens is 508 g/mol. The van der Waals surface area contributed by atoms with Gasteiger partial charge in [-0.05, 0) is 59.6 Å². The van der Waals surface area contributed by atoms with Crippen LogP contribution in [0.4, 0.5) is 4.79 Å². The predicted octanol–water partition coefficient (Wildman–Crippen LogP) is 5.32. The number of hydrogen-bond donors (Lipinski definition) is 0. The number of imide groups is 1. The van der Waals surface area contributed by atoms with Crippen molar-refractivity contribution < 1.29 is 28.8 Å².